The molecule has 0 bridgehead atoms. The second-order valence-corrected chi connectivity index (χ2v) is 6.26. The van der Waals surface area contributed by atoms with Gasteiger partial charge in [0.25, 0.3) is 0 Å². The van der Waals surface area contributed by atoms with Gasteiger partial charge in [-0.1, -0.05) is 54.6 Å². The van der Waals surface area contributed by atoms with Gasteiger partial charge >= 0.3 is 0 Å². The van der Waals surface area contributed by atoms with Crippen molar-refractivity contribution in [1.82, 2.24) is 4.98 Å². The molecule has 1 aliphatic rings. The monoisotopic (exact) mass is 315 g/mol. The van der Waals surface area contributed by atoms with Gasteiger partial charge in [0.2, 0.25) is 0 Å². The van der Waals surface area contributed by atoms with Gasteiger partial charge in [0, 0.05) is 17.9 Å². The van der Waals surface area contributed by atoms with E-state index in [1.165, 1.54) is 11.3 Å². The summed E-state index contributed by atoms with van der Waals surface area (Å²) in [6.45, 7) is 3.03. The number of nitrogens with zero attached hydrogens (tertiary/aromatic N) is 2. The second kappa shape index (κ2) is 6.10. The molecule has 0 unspecified atom stereocenters. The number of aromatic nitrogens is 1. The number of anilines is 2. The first kappa shape index (κ1) is 14.9. The van der Waals surface area contributed by atoms with Crippen LogP contribution in [-0.2, 0) is 6.42 Å². The molecule has 0 saturated carbocycles. The minimum absolute atomic E-state index is 0.140. The van der Waals surface area contributed by atoms with Crippen molar-refractivity contribution in [2.75, 3.05) is 11.4 Å². The topological polar surface area (TPSA) is 42.2 Å². The van der Waals surface area contributed by atoms with Gasteiger partial charge in [0.15, 0.2) is 0 Å². The van der Waals surface area contributed by atoms with E-state index >= 15 is 0 Å². The summed E-state index contributed by atoms with van der Waals surface area (Å²) >= 11 is 0. The molecule has 0 saturated heterocycles. The summed E-state index contributed by atoms with van der Waals surface area (Å²) in [6.07, 6.45) is 1.07. The number of rotatable bonds is 3. The van der Waals surface area contributed by atoms with Crippen LogP contribution in [0.4, 0.5) is 11.5 Å². The molecule has 4 rings (SSSR count). The maximum Gasteiger partial charge on any atom is 0.133 e. The molecule has 1 aromatic heterocycles. The molecule has 1 aliphatic heterocycles. The second-order valence-electron chi connectivity index (χ2n) is 6.26. The Bertz CT molecular complexity index is 858. The predicted molar refractivity (Wildman–Crippen MR) is 98.6 cm³/mol. The first-order valence-corrected chi connectivity index (χ1v) is 8.37. The molecular weight excluding hydrogens is 294 g/mol. The quantitative estimate of drug-likeness (QED) is 0.790. The van der Waals surface area contributed by atoms with Crippen LogP contribution in [0, 0.1) is 6.92 Å². The Morgan fingerprint density at radius 1 is 0.958 bits per heavy atom. The number of para-hydroxylation sites is 1. The maximum absolute atomic E-state index is 6.44. The zero-order valence-corrected chi connectivity index (χ0v) is 13.8. The zero-order chi connectivity index (χ0) is 16.5. The molecule has 0 fully saturated rings. The van der Waals surface area contributed by atoms with E-state index in [2.05, 4.69) is 53.4 Å². The third-order valence-corrected chi connectivity index (χ3v) is 4.77. The summed E-state index contributed by atoms with van der Waals surface area (Å²) in [5.41, 5.74) is 12.3. The summed E-state index contributed by atoms with van der Waals surface area (Å²) in [5, 5.41) is 0. The highest BCUT2D eigenvalue weighted by atomic mass is 15.2. The third kappa shape index (κ3) is 2.57. The molecule has 2 aromatic carbocycles. The van der Waals surface area contributed by atoms with Crippen molar-refractivity contribution < 1.29 is 0 Å². The van der Waals surface area contributed by atoms with Crippen molar-refractivity contribution in [3.8, 4) is 0 Å². The number of fused-ring (bicyclic) bond motifs is 1. The Kier molecular flexibility index (Phi) is 3.79. The first-order valence-electron chi connectivity index (χ1n) is 8.37. The molecule has 3 nitrogen and oxygen atoms in total. The van der Waals surface area contributed by atoms with Gasteiger partial charge in [0.1, 0.15) is 5.82 Å². The average Bonchev–Trinajstić information content (AvgIpc) is 3.06. The molecule has 3 heteroatoms. The van der Waals surface area contributed by atoms with E-state index in [1.807, 2.05) is 25.1 Å². The van der Waals surface area contributed by atoms with Crippen LogP contribution in [0.2, 0.25) is 0 Å². The highest BCUT2D eigenvalue weighted by Crippen LogP contribution is 2.34. The standard InChI is InChI=1S/C21H21N3/c1-15-18(21(22)17-8-3-2-4-9-17)11-12-20(23-15)24-14-13-16-7-5-6-10-19(16)24/h2-12,21H,13-14,22H2,1H3/t21-/m1/s1. The fourth-order valence-corrected chi connectivity index (χ4v) is 3.45. The summed E-state index contributed by atoms with van der Waals surface area (Å²) < 4.78 is 0. The lowest BCUT2D eigenvalue weighted by Gasteiger charge is -2.21. The van der Waals surface area contributed by atoms with E-state index in [4.69, 9.17) is 10.7 Å². The Balaban J connectivity index is 1.66. The number of benzene rings is 2. The third-order valence-electron chi connectivity index (χ3n) is 4.77. The van der Waals surface area contributed by atoms with Crippen LogP contribution >= 0.6 is 0 Å². The fraction of sp³-hybridized carbons (Fsp3) is 0.190. The maximum atomic E-state index is 6.44. The van der Waals surface area contributed by atoms with Gasteiger partial charge in [-0.2, -0.15) is 0 Å². The molecule has 1 atom stereocenters. The largest absolute Gasteiger partial charge is 0.326 e. The Labute approximate surface area is 142 Å². The van der Waals surface area contributed by atoms with Gasteiger partial charge < -0.3 is 10.6 Å². The Morgan fingerprint density at radius 3 is 2.50 bits per heavy atom. The van der Waals surface area contributed by atoms with Crippen LogP contribution in [-0.4, -0.2) is 11.5 Å². The first-order chi connectivity index (χ1) is 11.7. The molecule has 0 aliphatic carbocycles. The van der Waals surface area contributed by atoms with Crippen molar-refractivity contribution in [2.24, 2.45) is 5.73 Å². The van der Waals surface area contributed by atoms with Crippen molar-refractivity contribution in [1.29, 1.82) is 0 Å². The van der Waals surface area contributed by atoms with Crippen LogP contribution in [0.1, 0.15) is 28.4 Å². The van der Waals surface area contributed by atoms with E-state index in [-0.39, 0.29) is 6.04 Å². The summed E-state index contributed by atoms with van der Waals surface area (Å²) in [6, 6.07) is 22.8. The average molecular weight is 315 g/mol. The van der Waals surface area contributed by atoms with E-state index < -0.39 is 0 Å². The van der Waals surface area contributed by atoms with Crippen LogP contribution < -0.4 is 10.6 Å². The molecule has 120 valence electrons. The normalized spacial score (nSPS) is 14.5. The number of nitrogens with two attached hydrogens (primary N) is 1. The fourth-order valence-electron chi connectivity index (χ4n) is 3.45. The van der Waals surface area contributed by atoms with Crippen molar-refractivity contribution in [2.45, 2.75) is 19.4 Å². The molecule has 2 heterocycles. The SMILES string of the molecule is Cc1nc(N2CCc3ccccc32)ccc1[C@H](N)c1ccccc1. The molecular formula is C21H21N3. The Morgan fingerprint density at radius 2 is 1.71 bits per heavy atom. The number of aryl methyl sites for hydroxylation is 1. The van der Waals surface area contributed by atoms with E-state index in [0.717, 1.165) is 35.6 Å². The molecule has 24 heavy (non-hydrogen) atoms. The summed E-state index contributed by atoms with van der Waals surface area (Å²) in [7, 11) is 0. The van der Waals surface area contributed by atoms with Gasteiger partial charge in [-0.3, -0.25) is 0 Å². The van der Waals surface area contributed by atoms with Crippen molar-refractivity contribution in [3.63, 3.8) is 0 Å². The lowest BCUT2D eigenvalue weighted by atomic mass is 9.98. The molecule has 0 amide bonds. The van der Waals surface area contributed by atoms with Crippen LogP contribution in [0.25, 0.3) is 0 Å². The number of hydrogen-bond donors (Lipinski definition) is 1. The predicted octanol–water partition coefficient (Wildman–Crippen LogP) is 4.13. The molecule has 3 aromatic rings. The van der Waals surface area contributed by atoms with Crippen LogP contribution in [0.15, 0.2) is 66.7 Å². The minimum Gasteiger partial charge on any atom is -0.326 e. The lowest BCUT2D eigenvalue weighted by Crippen LogP contribution is -2.18. The smallest absolute Gasteiger partial charge is 0.133 e. The highest BCUT2D eigenvalue weighted by molar-refractivity contribution is 5.67. The Hall–Kier alpha value is -2.65. The van der Waals surface area contributed by atoms with Crippen LogP contribution in [0.3, 0.4) is 0 Å². The minimum atomic E-state index is -0.140. The van der Waals surface area contributed by atoms with Crippen molar-refractivity contribution in [3.05, 3.63) is 89.1 Å². The van der Waals surface area contributed by atoms with Gasteiger partial charge in [0.05, 0.1) is 6.04 Å². The van der Waals surface area contributed by atoms with Crippen LogP contribution in [0.5, 0.6) is 0 Å². The van der Waals surface area contributed by atoms with E-state index in [1.54, 1.807) is 0 Å². The van der Waals surface area contributed by atoms with Crippen molar-refractivity contribution >= 4 is 11.5 Å². The van der Waals surface area contributed by atoms with Gasteiger partial charge in [-0.25, -0.2) is 4.98 Å². The highest BCUT2D eigenvalue weighted by Gasteiger charge is 2.21. The molecule has 2 N–H and O–H groups in total. The number of pyridine rings is 1. The molecule has 0 spiro atoms. The van der Waals surface area contributed by atoms with Gasteiger partial charge in [-0.15, -0.1) is 0 Å². The van der Waals surface area contributed by atoms with E-state index in [0.29, 0.717) is 0 Å². The zero-order valence-electron chi connectivity index (χ0n) is 13.8. The number of hydrogen-bond acceptors (Lipinski definition) is 3. The summed E-state index contributed by atoms with van der Waals surface area (Å²) in [4.78, 5) is 7.14. The molecule has 0 radical (unpaired) electrons. The van der Waals surface area contributed by atoms with E-state index in [9.17, 15) is 0 Å². The summed E-state index contributed by atoms with van der Waals surface area (Å²) in [5.74, 6) is 1.00. The lowest BCUT2D eigenvalue weighted by molar-refractivity contribution is 0.844. The van der Waals surface area contributed by atoms with Gasteiger partial charge in [-0.05, 0) is 42.2 Å².